The monoisotopic (exact) mass is 324 g/mol. The highest BCUT2D eigenvalue weighted by Gasteiger charge is 2.33. The van der Waals surface area contributed by atoms with E-state index >= 15 is 0 Å². The van der Waals surface area contributed by atoms with Gasteiger partial charge in [0, 0.05) is 32.7 Å². The van der Waals surface area contributed by atoms with E-state index < -0.39 is 0 Å². The van der Waals surface area contributed by atoms with Crippen LogP contribution in [-0.2, 0) is 0 Å². The molecule has 0 N–H and O–H groups in total. The topological polar surface area (TPSA) is 95.1 Å². The minimum atomic E-state index is -0.203. The van der Waals surface area contributed by atoms with Crippen LogP contribution in [0, 0.1) is 11.3 Å². The van der Waals surface area contributed by atoms with Crippen LogP contribution >= 0.6 is 0 Å². The van der Waals surface area contributed by atoms with Crippen molar-refractivity contribution in [3.63, 3.8) is 0 Å². The van der Waals surface area contributed by atoms with Crippen molar-refractivity contribution in [2.24, 2.45) is 0 Å². The average Bonchev–Trinajstić information content (AvgIpc) is 3.02. The third-order valence-corrected chi connectivity index (χ3v) is 3.92. The highest BCUT2D eigenvalue weighted by Crippen LogP contribution is 2.22. The van der Waals surface area contributed by atoms with Crippen molar-refractivity contribution < 1.29 is 9.59 Å². The Morgan fingerprint density at radius 2 is 1.92 bits per heavy atom. The standard InChI is InChI=1S/C16H16N6O2/c1-20(2)16(24)14-10-22(19-18-14)13-8-21(9-13)15(23)12-5-3-11(7-17)4-6-12/h3-6,10,13H,8-9H2,1-2H3. The maximum atomic E-state index is 12.3. The zero-order chi connectivity index (χ0) is 17.3. The van der Waals surface area contributed by atoms with Gasteiger partial charge in [0.25, 0.3) is 11.8 Å². The second-order valence-electron chi connectivity index (χ2n) is 5.84. The van der Waals surface area contributed by atoms with Crippen molar-refractivity contribution in [1.82, 2.24) is 24.8 Å². The van der Waals surface area contributed by atoms with Gasteiger partial charge >= 0.3 is 0 Å². The van der Waals surface area contributed by atoms with E-state index in [-0.39, 0.29) is 23.6 Å². The molecule has 8 heteroatoms. The van der Waals surface area contributed by atoms with Gasteiger partial charge in [-0.05, 0) is 24.3 Å². The van der Waals surface area contributed by atoms with Crippen molar-refractivity contribution in [3.05, 3.63) is 47.3 Å². The predicted molar refractivity (Wildman–Crippen MR) is 84.1 cm³/mol. The molecule has 1 aliphatic rings. The summed E-state index contributed by atoms with van der Waals surface area (Å²) < 4.78 is 1.62. The van der Waals surface area contributed by atoms with E-state index in [1.807, 2.05) is 6.07 Å². The number of carbonyl (C=O) groups excluding carboxylic acids is 2. The second-order valence-corrected chi connectivity index (χ2v) is 5.84. The van der Waals surface area contributed by atoms with Gasteiger partial charge in [0.15, 0.2) is 5.69 Å². The summed E-state index contributed by atoms with van der Waals surface area (Å²) in [4.78, 5) is 27.3. The van der Waals surface area contributed by atoms with Crippen LogP contribution in [0.15, 0.2) is 30.5 Å². The Morgan fingerprint density at radius 3 is 2.50 bits per heavy atom. The van der Waals surface area contributed by atoms with Crippen molar-refractivity contribution in [1.29, 1.82) is 5.26 Å². The smallest absolute Gasteiger partial charge is 0.275 e. The molecule has 122 valence electrons. The fourth-order valence-corrected chi connectivity index (χ4v) is 2.44. The normalized spacial score (nSPS) is 14.0. The molecule has 0 radical (unpaired) electrons. The van der Waals surface area contributed by atoms with Crippen molar-refractivity contribution >= 4 is 11.8 Å². The van der Waals surface area contributed by atoms with Crippen molar-refractivity contribution in [3.8, 4) is 6.07 Å². The van der Waals surface area contributed by atoms with Crippen LogP contribution in [-0.4, -0.2) is 63.8 Å². The number of carbonyl (C=O) groups is 2. The molecule has 1 fully saturated rings. The number of rotatable bonds is 3. The molecule has 0 saturated carbocycles. The summed E-state index contributed by atoms with van der Waals surface area (Å²) in [6, 6.07) is 8.59. The lowest BCUT2D eigenvalue weighted by Crippen LogP contribution is -2.50. The summed E-state index contributed by atoms with van der Waals surface area (Å²) in [5.74, 6) is -0.286. The van der Waals surface area contributed by atoms with E-state index in [1.54, 1.807) is 54.1 Å². The molecule has 1 saturated heterocycles. The lowest BCUT2D eigenvalue weighted by Gasteiger charge is -2.38. The molecule has 8 nitrogen and oxygen atoms in total. The first-order valence-electron chi connectivity index (χ1n) is 7.42. The number of hydrogen-bond donors (Lipinski definition) is 0. The first kappa shape index (κ1) is 15.7. The first-order valence-corrected chi connectivity index (χ1v) is 7.42. The van der Waals surface area contributed by atoms with Crippen LogP contribution in [0.3, 0.4) is 0 Å². The molecule has 2 aromatic rings. The van der Waals surface area contributed by atoms with E-state index in [0.717, 1.165) is 0 Å². The van der Waals surface area contributed by atoms with E-state index in [9.17, 15) is 9.59 Å². The first-order chi connectivity index (χ1) is 11.5. The lowest BCUT2D eigenvalue weighted by atomic mass is 10.1. The number of aromatic nitrogens is 3. The summed E-state index contributed by atoms with van der Waals surface area (Å²) in [6.07, 6.45) is 1.61. The van der Waals surface area contributed by atoms with Crippen LogP contribution in [0.2, 0.25) is 0 Å². The highest BCUT2D eigenvalue weighted by molar-refractivity contribution is 5.95. The van der Waals surface area contributed by atoms with Gasteiger partial charge in [-0.25, -0.2) is 4.68 Å². The van der Waals surface area contributed by atoms with Crippen molar-refractivity contribution in [2.45, 2.75) is 6.04 Å². The summed E-state index contributed by atoms with van der Waals surface area (Å²) in [5, 5.41) is 16.6. The van der Waals surface area contributed by atoms with Crippen LogP contribution in [0.25, 0.3) is 0 Å². The Kier molecular flexibility index (Phi) is 4.00. The molecular weight excluding hydrogens is 308 g/mol. The summed E-state index contributed by atoms with van der Waals surface area (Å²) >= 11 is 0. The van der Waals surface area contributed by atoms with Gasteiger partial charge in [-0.1, -0.05) is 5.21 Å². The zero-order valence-electron chi connectivity index (χ0n) is 13.4. The third-order valence-electron chi connectivity index (χ3n) is 3.92. The third kappa shape index (κ3) is 2.84. The van der Waals surface area contributed by atoms with Gasteiger partial charge < -0.3 is 9.80 Å². The minimum absolute atomic E-state index is 0.0172. The number of likely N-dealkylation sites (tertiary alicyclic amines) is 1. The van der Waals surface area contributed by atoms with E-state index in [0.29, 0.717) is 24.2 Å². The maximum absolute atomic E-state index is 12.3. The number of hydrogen-bond acceptors (Lipinski definition) is 5. The van der Waals surface area contributed by atoms with E-state index in [2.05, 4.69) is 10.3 Å². The molecule has 1 aliphatic heterocycles. The number of nitriles is 1. The van der Waals surface area contributed by atoms with Crippen LogP contribution in [0.1, 0.15) is 32.5 Å². The molecule has 0 unspecified atom stereocenters. The molecule has 24 heavy (non-hydrogen) atoms. The predicted octanol–water partition coefficient (Wildman–Crippen LogP) is 0.549. The second kappa shape index (κ2) is 6.12. The Bertz CT molecular complexity index is 812. The van der Waals surface area contributed by atoms with E-state index in [4.69, 9.17) is 5.26 Å². The van der Waals surface area contributed by atoms with Gasteiger partial charge in [-0.3, -0.25) is 9.59 Å². The Balaban J connectivity index is 1.61. The SMILES string of the molecule is CN(C)C(=O)c1cn(C2CN(C(=O)c3ccc(C#N)cc3)C2)nn1. The molecule has 1 aromatic heterocycles. The van der Waals surface area contributed by atoms with Crippen LogP contribution in [0.5, 0.6) is 0 Å². The van der Waals surface area contributed by atoms with Gasteiger partial charge in [-0.2, -0.15) is 5.26 Å². The molecule has 3 rings (SSSR count). The molecule has 2 amide bonds. The van der Waals surface area contributed by atoms with E-state index in [1.165, 1.54) is 4.90 Å². The number of benzene rings is 1. The number of amides is 2. The van der Waals surface area contributed by atoms with Crippen LogP contribution in [0.4, 0.5) is 0 Å². The molecule has 1 aromatic carbocycles. The summed E-state index contributed by atoms with van der Waals surface area (Å²) in [7, 11) is 3.31. The van der Waals surface area contributed by atoms with Gasteiger partial charge in [0.05, 0.1) is 23.9 Å². The Labute approximate surface area is 138 Å². The van der Waals surface area contributed by atoms with Crippen molar-refractivity contribution in [2.75, 3.05) is 27.2 Å². The molecule has 0 atom stereocenters. The van der Waals surface area contributed by atoms with Gasteiger partial charge in [-0.15, -0.1) is 5.10 Å². The minimum Gasteiger partial charge on any atom is -0.343 e. The quantitative estimate of drug-likeness (QED) is 0.821. The summed E-state index contributed by atoms with van der Waals surface area (Å²) in [6.45, 7) is 1.02. The number of nitrogens with zero attached hydrogens (tertiary/aromatic N) is 6. The summed E-state index contributed by atoms with van der Waals surface area (Å²) in [5.41, 5.74) is 1.36. The molecule has 0 spiro atoms. The van der Waals surface area contributed by atoms with Gasteiger partial charge in [0.1, 0.15) is 0 Å². The Hall–Kier alpha value is -3.21. The molecule has 2 heterocycles. The fourth-order valence-electron chi connectivity index (χ4n) is 2.44. The highest BCUT2D eigenvalue weighted by atomic mass is 16.2. The fraction of sp³-hybridized carbons (Fsp3) is 0.312. The Morgan fingerprint density at radius 1 is 1.25 bits per heavy atom. The lowest BCUT2D eigenvalue weighted by molar-refractivity contribution is 0.0498. The van der Waals surface area contributed by atoms with Crippen LogP contribution < -0.4 is 0 Å². The van der Waals surface area contributed by atoms with Gasteiger partial charge in [0.2, 0.25) is 0 Å². The molecule has 0 bridgehead atoms. The average molecular weight is 324 g/mol. The maximum Gasteiger partial charge on any atom is 0.275 e. The largest absolute Gasteiger partial charge is 0.343 e. The molecular formula is C16H16N6O2. The zero-order valence-corrected chi connectivity index (χ0v) is 13.4. The molecule has 0 aliphatic carbocycles.